The van der Waals surface area contributed by atoms with Crippen LogP contribution in [0.1, 0.15) is 63.9 Å². The molecule has 0 bridgehead atoms. The Bertz CT molecular complexity index is 985. The number of benzene rings is 1. The summed E-state index contributed by atoms with van der Waals surface area (Å²) in [6.07, 6.45) is 7.37. The minimum absolute atomic E-state index is 0.0454. The lowest BCUT2D eigenvalue weighted by atomic mass is 9.95. The first-order chi connectivity index (χ1) is 16.9. The van der Waals surface area contributed by atoms with E-state index in [0.29, 0.717) is 25.7 Å². The van der Waals surface area contributed by atoms with Gasteiger partial charge in [-0.05, 0) is 43.6 Å². The summed E-state index contributed by atoms with van der Waals surface area (Å²) in [5.41, 5.74) is 1.23. The van der Waals surface area contributed by atoms with Crippen molar-refractivity contribution in [1.29, 1.82) is 0 Å². The monoisotopic (exact) mass is 528 g/mol. The van der Waals surface area contributed by atoms with Crippen molar-refractivity contribution in [3.8, 4) is 0 Å². The molecule has 3 atom stereocenters. The van der Waals surface area contributed by atoms with Crippen molar-refractivity contribution in [1.82, 2.24) is 9.62 Å². The van der Waals surface area contributed by atoms with Crippen LogP contribution in [0.5, 0.6) is 0 Å². The fourth-order valence-electron chi connectivity index (χ4n) is 4.31. The van der Waals surface area contributed by atoms with Crippen molar-refractivity contribution in [2.24, 2.45) is 5.92 Å². The molecule has 1 aliphatic heterocycles. The molecule has 1 aliphatic rings. The molecule has 0 saturated carbocycles. The Hall–Kier alpha value is -2.33. The number of hydrogen-bond acceptors (Lipinski definition) is 5. The highest BCUT2D eigenvalue weighted by Crippen LogP contribution is 2.34. The molecule has 1 aromatic carbocycles. The second-order valence-corrected chi connectivity index (χ2v) is 11.4. The summed E-state index contributed by atoms with van der Waals surface area (Å²) in [6, 6.07) is 9.28. The minimum Gasteiger partial charge on any atom is -0.389 e. The van der Waals surface area contributed by atoms with Crippen LogP contribution in [0.25, 0.3) is 0 Å². The maximum absolute atomic E-state index is 14.1. The lowest BCUT2D eigenvalue weighted by Crippen LogP contribution is -2.36. The summed E-state index contributed by atoms with van der Waals surface area (Å²) in [4.78, 5) is 24.9. The summed E-state index contributed by atoms with van der Waals surface area (Å²) in [7, 11) is -3.58. The average Bonchev–Trinajstić information content (AvgIpc) is 3.01. The number of carbonyl (C=O) groups excluding carboxylic acids is 2. The van der Waals surface area contributed by atoms with Gasteiger partial charge in [-0.3, -0.25) is 14.3 Å². The van der Waals surface area contributed by atoms with Crippen LogP contribution < -0.4 is 4.72 Å². The maximum atomic E-state index is 14.1. The number of sulfonamides is 1. The van der Waals surface area contributed by atoms with Gasteiger partial charge in [-0.2, -0.15) is 8.78 Å². The van der Waals surface area contributed by atoms with Gasteiger partial charge in [0.2, 0.25) is 15.9 Å². The summed E-state index contributed by atoms with van der Waals surface area (Å²) in [5, 5.41) is 10.5. The lowest BCUT2D eigenvalue weighted by Gasteiger charge is -2.22. The molecule has 1 heterocycles. The summed E-state index contributed by atoms with van der Waals surface area (Å²) >= 11 is 0. The van der Waals surface area contributed by atoms with Gasteiger partial charge in [-0.25, -0.2) is 8.42 Å². The fourth-order valence-corrected chi connectivity index (χ4v) is 4.83. The predicted molar refractivity (Wildman–Crippen MR) is 135 cm³/mol. The molecule has 10 heteroatoms. The van der Waals surface area contributed by atoms with E-state index in [1.165, 1.54) is 22.6 Å². The molecule has 0 aliphatic carbocycles. The molecule has 1 saturated heterocycles. The quantitative estimate of drug-likeness (QED) is 0.266. The fraction of sp³-hybridized carbons (Fsp3) is 0.615. The average molecular weight is 529 g/mol. The number of halogens is 2. The Kier molecular flexibility index (Phi) is 11.5. The van der Waals surface area contributed by atoms with Gasteiger partial charge >= 0.3 is 5.92 Å². The number of aliphatic hydroxyl groups is 1. The van der Waals surface area contributed by atoms with E-state index in [0.717, 1.165) is 25.5 Å². The summed E-state index contributed by atoms with van der Waals surface area (Å²) < 4.78 is 52.2. The van der Waals surface area contributed by atoms with Crippen LogP contribution >= 0.6 is 0 Å². The third-order valence-electron chi connectivity index (χ3n) is 6.37. The van der Waals surface area contributed by atoms with Crippen LogP contribution in [0.2, 0.25) is 0 Å². The number of hydrogen-bond donors (Lipinski definition) is 2. The van der Waals surface area contributed by atoms with Gasteiger partial charge in [-0.15, -0.1) is 0 Å². The van der Waals surface area contributed by atoms with E-state index in [2.05, 4.69) is 12.1 Å². The number of aryl methyl sites for hydroxylation is 1. The summed E-state index contributed by atoms with van der Waals surface area (Å²) in [5.74, 6) is -5.25. The number of likely N-dealkylation sites (tertiary alicyclic amines) is 1. The largest absolute Gasteiger partial charge is 0.389 e. The first kappa shape index (κ1) is 29.9. The van der Waals surface area contributed by atoms with Gasteiger partial charge in [0.15, 0.2) is 0 Å². The minimum atomic E-state index is -3.58. The van der Waals surface area contributed by atoms with Crippen molar-refractivity contribution in [3.63, 3.8) is 0 Å². The van der Waals surface area contributed by atoms with Crippen LogP contribution in [0.4, 0.5) is 8.78 Å². The highest BCUT2D eigenvalue weighted by Gasteiger charge is 2.52. The zero-order valence-corrected chi connectivity index (χ0v) is 21.9. The molecule has 7 nitrogen and oxygen atoms in total. The van der Waals surface area contributed by atoms with E-state index in [-0.39, 0.29) is 18.9 Å². The molecule has 36 heavy (non-hydrogen) atoms. The van der Waals surface area contributed by atoms with Crippen LogP contribution in [0.15, 0.2) is 42.5 Å². The molecule has 2 rings (SSSR count). The molecular formula is C26H38F2N2O5S. The van der Waals surface area contributed by atoms with Crippen LogP contribution in [-0.4, -0.2) is 61.1 Å². The number of rotatable bonds is 15. The van der Waals surface area contributed by atoms with E-state index in [1.54, 1.807) is 0 Å². The van der Waals surface area contributed by atoms with Gasteiger partial charge in [0, 0.05) is 19.4 Å². The van der Waals surface area contributed by atoms with Crippen LogP contribution in [-0.2, 0) is 26.0 Å². The highest BCUT2D eigenvalue weighted by molar-refractivity contribution is 7.89. The molecule has 202 valence electrons. The third-order valence-corrected chi connectivity index (χ3v) is 6.97. The van der Waals surface area contributed by atoms with Crippen molar-refractivity contribution in [2.75, 3.05) is 12.8 Å². The second kappa shape index (κ2) is 13.8. The van der Waals surface area contributed by atoms with Crippen LogP contribution in [0, 0.1) is 5.92 Å². The SMILES string of the molecule is C[C@@H](CCCc1ccccc1)[C@H](O)C=C[C@H]1CC(F)(F)C(=O)N1CCCCCCC(=O)NS(C)(=O)=O. The van der Waals surface area contributed by atoms with Crippen LogP contribution in [0.3, 0.4) is 0 Å². The Morgan fingerprint density at radius 3 is 2.53 bits per heavy atom. The molecule has 2 N–H and O–H groups in total. The number of nitrogens with one attached hydrogen (secondary N) is 1. The predicted octanol–water partition coefficient (Wildman–Crippen LogP) is 3.83. The topological polar surface area (TPSA) is 104 Å². The molecular weight excluding hydrogens is 490 g/mol. The normalized spacial score (nSPS) is 19.5. The zero-order chi connectivity index (χ0) is 26.8. The number of amides is 2. The van der Waals surface area contributed by atoms with Crippen molar-refractivity contribution in [2.45, 2.75) is 82.8 Å². The maximum Gasteiger partial charge on any atom is 0.327 e. The highest BCUT2D eigenvalue weighted by atomic mass is 32.2. The molecule has 0 aromatic heterocycles. The number of nitrogens with zero attached hydrogens (tertiary/aromatic N) is 1. The Balaban J connectivity index is 1.77. The molecule has 1 aromatic rings. The molecule has 1 fully saturated rings. The smallest absolute Gasteiger partial charge is 0.327 e. The van der Waals surface area contributed by atoms with Gasteiger partial charge in [0.05, 0.1) is 18.4 Å². The van der Waals surface area contributed by atoms with Gasteiger partial charge in [-0.1, -0.05) is 62.2 Å². The van der Waals surface area contributed by atoms with Crippen molar-refractivity contribution >= 4 is 21.8 Å². The standard InChI is InChI=1S/C26H38F2N2O5S/c1-20(11-10-14-21-12-6-5-7-13-21)23(31)17-16-22-19-26(27,28)25(33)30(22)18-9-4-3-8-15-24(32)29-36(2,34)35/h5-7,12-13,16-17,20,22-23,31H,3-4,8-11,14-15,18-19H2,1-2H3,(H,29,32)/t20-,22-,23+/m0/s1. The first-order valence-electron chi connectivity index (χ1n) is 12.5. The van der Waals surface area contributed by atoms with Crippen molar-refractivity contribution < 1.29 is 31.9 Å². The Labute approximate surface area is 213 Å². The van der Waals surface area contributed by atoms with E-state index in [4.69, 9.17) is 0 Å². The molecule has 0 spiro atoms. The lowest BCUT2D eigenvalue weighted by molar-refractivity contribution is -0.148. The van der Waals surface area contributed by atoms with E-state index < -0.39 is 46.3 Å². The number of aliphatic hydroxyl groups excluding tert-OH is 1. The van der Waals surface area contributed by atoms with E-state index in [9.17, 15) is 31.9 Å². The van der Waals surface area contributed by atoms with Gasteiger partial charge in [0.1, 0.15) is 0 Å². The molecule has 0 unspecified atom stereocenters. The Morgan fingerprint density at radius 2 is 1.86 bits per heavy atom. The molecule has 0 radical (unpaired) electrons. The number of alkyl halides is 2. The zero-order valence-electron chi connectivity index (χ0n) is 21.0. The summed E-state index contributed by atoms with van der Waals surface area (Å²) in [6.45, 7) is 2.07. The molecule has 2 amide bonds. The third kappa shape index (κ3) is 10.3. The number of carbonyl (C=O) groups is 2. The second-order valence-electron chi connectivity index (χ2n) is 9.67. The Morgan fingerprint density at radius 1 is 1.19 bits per heavy atom. The first-order valence-corrected chi connectivity index (χ1v) is 14.4. The van der Waals surface area contributed by atoms with Gasteiger partial charge < -0.3 is 10.0 Å². The van der Waals surface area contributed by atoms with Crippen molar-refractivity contribution in [3.05, 3.63) is 48.0 Å². The van der Waals surface area contributed by atoms with Gasteiger partial charge in [0.25, 0.3) is 5.91 Å². The van der Waals surface area contributed by atoms with E-state index >= 15 is 0 Å². The van der Waals surface area contributed by atoms with E-state index in [1.807, 2.05) is 29.8 Å². The number of unbranched alkanes of at least 4 members (excludes halogenated alkanes) is 3.